The first-order chi connectivity index (χ1) is 9.19. The molecule has 1 aliphatic rings. The van der Waals surface area contributed by atoms with Gasteiger partial charge in [0.15, 0.2) is 5.78 Å². The Morgan fingerprint density at radius 3 is 2.74 bits per heavy atom. The van der Waals surface area contributed by atoms with Crippen LogP contribution in [0.25, 0.3) is 0 Å². The minimum absolute atomic E-state index is 0.0305. The molecule has 1 N–H and O–H groups in total. The van der Waals surface area contributed by atoms with E-state index < -0.39 is 0 Å². The standard InChI is InChI=1S/C14H18BrNO3/c1-18-11-6-5-10(14(19-2)12(11)15)13(17)9-4-3-7-16-8-9/h5-6,9,16H,3-4,7-8H2,1-2H3. The van der Waals surface area contributed by atoms with E-state index in [-0.39, 0.29) is 11.7 Å². The molecule has 0 amide bonds. The van der Waals surface area contributed by atoms with Crippen molar-refractivity contribution in [3.8, 4) is 11.5 Å². The first-order valence-corrected chi connectivity index (χ1v) is 7.13. The van der Waals surface area contributed by atoms with Gasteiger partial charge in [0.05, 0.1) is 19.8 Å². The summed E-state index contributed by atoms with van der Waals surface area (Å²) in [4.78, 5) is 12.5. The number of carbonyl (C=O) groups excluding carboxylic acids is 1. The van der Waals surface area contributed by atoms with E-state index in [2.05, 4.69) is 21.2 Å². The number of ether oxygens (including phenoxy) is 2. The molecule has 104 valence electrons. The first-order valence-electron chi connectivity index (χ1n) is 6.34. The minimum atomic E-state index is 0.0305. The van der Waals surface area contributed by atoms with E-state index in [0.29, 0.717) is 21.5 Å². The fourth-order valence-electron chi connectivity index (χ4n) is 2.38. The maximum absolute atomic E-state index is 12.5. The Morgan fingerprint density at radius 2 is 2.16 bits per heavy atom. The van der Waals surface area contributed by atoms with Crippen LogP contribution >= 0.6 is 15.9 Å². The third-order valence-corrected chi connectivity index (χ3v) is 4.17. The molecule has 1 heterocycles. The van der Waals surface area contributed by atoms with Gasteiger partial charge in [-0.2, -0.15) is 0 Å². The number of halogens is 1. The lowest BCUT2D eigenvalue weighted by atomic mass is 9.90. The van der Waals surface area contributed by atoms with Crippen LogP contribution < -0.4 is 14.8 Å². The Bertz CT molecular complexity index is 470. The van der Waals surface area contributed by atoms with Crippen molar-refractivity contribution in [2.45, 2.75) is 12.8 Å². The lowest BCUT2D eigenvalue weighted by Crippen LogP contribution is -2.34. The van der Waals surface area contributed by atoms with Gasteiger partial charge in [-0.3, -0.25) is 4.79 Å². The van der Waals surface area contributed by atoms with Crippen LogP contribution in [0.1, 0.15) is 23.2 Å². The van der Waals surface area contributed by atoms with E-state index >= 15 is 0 Å². The number of Topliss-reactive ketones (excluding diaryl/α,β-unsaturated/α-hetero) is 1. The molecule has 1 saturated heterocycles. The highest BCUT2D eigenvalue weighted by Gasteiger charge is 2.26. The normalized spacial score (nSPS) is 19.0. The fraction of sp³-hybridized carbons (Fsp3) is 0.500. The highest BCUT2D eigenvalue weighted by atomic mass is 79.9. The number of nitrogens with one attached hydrogen (secondary N) is 1. The van der Waals surface area contributed by atoms with Gasteiger partial charge in [-0.15, -0.1) is 0 Å². The van der Waals surface area contributed by atoms with Crippen molar-refractivity contribution in [2.24, 2.45) is 5.92 Å². The molecule has 19 heavy (non-hydrogen) atoms. The summed E-state index contributed by atoms with van der Waals surface area (Å²) in [7, 11) is 3.15. The van der Waals surface area contributed by atoms with Crippen LogP contribution in [0, 0.1) is 5.92 Å². The summed E-state index contributed by atoms with van der Waals surface area (Å²) >= 11 is 3.43. The molecule has 2 rings (SSSR count). The molecule has 1 aromatic carbocycles. The second-order valence-electron chi connectivity index (χ2n) is 4.57. The van der Waals surface area contributed by atoms with Crippen LogP contribution in [-0.2, 0) is 0 Å². The number of benzene rings is 1. The second kappa shape index (κ2) is 6.39. The smallest absolute Gasteiger partial charge is 0.170 e. The summed E-state index contributed by atoms with van der Waals surface area (Å²) in [6.45, 7) is 1.73. The van der Waals surface area contributed by atoms with Crippen molar-refractivity contribution < 1.29 is 14.3 Å². The van der Waals surface area contributed by atoms with Crippen LogP contribution in [0.15, 0.2) is 16.6 Å². The van der Waals surface area contributed by atoms with Gasteiger partial charge in [-0.1, -0.05) is 0 Å². The average molecular weight is 328 g/mol. The number of rotatable bonds is 4. The third kappa shape index (κ3) is 2.92. The molecule has 1 aliphatic heterocycles. The fourth-order valence-corrected chi connectivity index (χ4v) is 3.05. The molecular weight excluding hydrogens is 310 g/mol. The molecule has 0 spiro atoms. The van der Waals surface area contributed by atoms with E-state index in [0.717, 1.165) is 25.9 Å². The first kappa shape index (κ1) is 14.3. The molecule has 0 radical (unpaired) electrons. The molecule has 0 saturated carbocycles. The quantitative estimate of drug-likeness (QED) is 0.864. The molecule has 1 atom stereocenters. The van der Waals surface area contributed by atoms with Gasteiger partial charge in [0.1, 0.15) is 16.0 Å². The van der Waals surface area contributed by atoms with Crippen LogP contribution in [0.5, 0.6) is 11.5 Å². The summed E-state index contributed by atoms with van der Waals surface area (Å²) < 4.78 is 11.3. The van der Waals surface area contributed by atoms with Crippen LogP contribution in [0.4, 0.5) is 0 Å². The van der Waals surface area contributed by atoms with Crippen molar-refractivity contribution in [3.63, 3.8) is 0 Å². The van der Waals surface area contributed by atoms with E-state index in [1.54, 1.807) is 26.4 Å². The Hall–Kier alpha value is -1.07. The minimum Gasteiger partial charge on any atom is -0.495 e. The number of hydrogen-bond acceptors (Lipinski definition) is 4. The largest absolute Gasteiger partial charge is 0.495 e. The zero-order chi connectivity index (χ0) is 13.8. The summed E-state index contributed by atoms with van der Waals surface area (Å²) in [6.07, 6.45) is 1.97. The van der Waals surface area contributed by atoms with E-state index in [4.69, 9.17) is 9.47 Å². The topological polar surface area (TPSA) is 47.6 Å². The molecule has 1 aromatic rings. The number of hydrogen-bond donors (Lipinski definition) is 1. The summed E-state index contributed by atoms with van der Waals surface area (Å²) in [5.41, 5.74) is 0.615. The van der Waals surface area contributed by atoms with E-state index in [9.17, 15) is 4.79 Å². The Balaban J connectivity index is 2.33. The highest BCUT2D eigenvalue weighted by molar-refractivity contribution is 9.10. The van der Waals surface area contributed by atoms with Crippen molar-refractivity contribution in [1.82, 2.24) is 5.32 Å². The van der Waals surface area contributed by atoms with Crippen molar-refractivity contribution in [1.29, 1.82) is 0 Å². The van der Waals surface area contributed by atoms with Gasteiger partial charge < -0.3 is 14.8 Å². The Kier molecular flexibility index (Phi) is 4.82. The Labute approximate surface area is 121 Å². The average Bonchev–Trinajstić information content (AvgIpc) is 2.47. The number of methoxy groups -OCH3 is 2. The monoisotopic (exact) mass is 327 g/mol. The lowest BCUT2D eigenvalue weighted by molar-refractivity contribution is 0.0896. The molecule has 0 bridgehead atoms. The van der Waals surface area contributed by atoms with Gasteiger partial charge in [0.2, 0.25) is 0 Å². The maximum Gasteiger partial charge on any atom is 0.170 e. The van der Waals surface area contributed by atoms with Crippen LogP contribution in [-0.4, -0.2) is 33.1 Å². The molecule has 1 unspecified atom stereocenters. The van der Waals surface area contributed by atoms with Gasteiger partial charge in [-0.25, -0.2) is 0 Å². The molecule has 1 fully saturated rings. The molecule has 0 aliphatic carbocycles. The molecule has 4 nitrogen and oxygen atoms in total. The van der Waals surface area contributed by atoms with E-state index in [1.165, 1.54) is 0 Å². The van der Waals surface area contributed by atoms with Crippen molar-refractivity contribution in [3.05, 3.63) is 22.2 Å². The second-order valence-corrected chi connectivity index (χ2v) is 5.36. The zero-order valence-electron chi connectivity index (χ0n) is 11.2. The van der Waals surface area contributed by atoms with Crippen LogP contribution in [0.2, 0.25) is 0 Å². The zero-order valence-corrected chi connectivity index (χ0v) is 12.7. The summed E-state index contributed by atoms with van der Waals surface area (Å²) in [6, 6.07) is 3.56. The number of ketones is 1. The predicted octanol–water partition coefficient (Wildman–Crippen LogP) is 2.65. The summed E-state index contributed by atoms with van der Waals surface area (Å²) in [5.74, 6) is 1.38. The molecular formula is C14H18BrNO3. The summed E-state index contributed by atoms with van der Waals surface area (Å²) in [5, 5.41) is 3.26. The third-order valence-electron chi connectivity index (χ3n) is 3.42. The number of carbonyl (C=O) groups is 1. The van der Waals surface area contributed by atoms with Crippen LogP contribution in [0.3, 0.4) is 0 Å². The van der Waals surface area contributed by atoms with Gasteiger partial charge in [0, 0.05) is 12.5 Å². The highest BCUT2D eigenvalue weighted by Crippen LogP contribution is 2.38. The lowest BCUT2D eigenvalue weighted by Gasteiger charge is -2.22. The molecule has 5 heteroatoms. The maximum atomic E-state index is 12.5. The SMILES string of the molecule is COc1ccc(C(=O)C2CCCNC2)c(OC)c1Br. The van der Waals surface area contributed by atoms with Crippen molar-refractivity contribution >= 4 is 21.7 Å². The number of piperidine rings is 1. The van der Waals surface area contributed by atoms with Crippen molar-refractivity contribution in [2.75, 3.05) is 27.3 Å². The Morgan fingerprint density at radius 1 is 1.37 bits per heavy atom. The van der Waals surface area contributed by atoms with E-state index in [1.807, 2.05) is 0 Å². The predicted molar refractivity (Wildman–Crippen MR) is 77.2 cm³/mol. The van der Waals surface area contributed by atoms with Gasteiger partial charge >= 0.3 is 0 Å². The molecule has 0 aromatic heterocycles. The van der Waals surface area contributed by atoms with Gasteiger partial charge in [0.25, 0.3) is 0 Å². The van der Waals surface area contributed by atoms with Gasteiger partial charge in [-0.05, 0) is 47.4 Å².